The fourth-order valence-corrected chi connectivity index (χ4v) is 1.79. The van der Waals surface area contributed by atoms with Gasteiger partial charge in [0.05, 0.1) is 33.0 Å². The van der Waals surface area contributed by atoms with Crippen molar-refractivity contribution in [2.75, 3.05) is 33.0 Å². The van der Waals surface area contributed by atoms with Gasteiger partial charge < -0.3 is 9.22 Å². The monoisotopic (exact) mass is 266 g/mol. The van der Waals surface area contributed by atoms with Crippen LogP contribution in [0, 0.1) is 0 Å². The second-order valence-electron chi connectivity index (χ2n) is 5.01. The molecule has 0 aliphatic carbocycles. The van der Waals surface area contributed by atoms with Gasteiger partial charge in [-0.25, -0.2) is 0 Å². The Morgan fingerprint density at radius 2 is 2.00 bits per heavy atom. The smallest absolute Gasteiger partial charge is 0.265 e. The molecule has 17 heavy (non-hydrogen) atoms. The van der Waals surface area contributed by atoms with E-state index < -0.39 is 10.1 Å². The molecule has 0 heterocycles. The van der Waals surface area contributed by atoms with Crippen LogP contribution in [-0.2, 0) is 14.9 Å². The van der Waals surface area contributed by atoms with E-state index in [0.717, 1.165) is 5.57 Å². The average molecular weight is 266 g/mol. The Morgan fingerprint density at radius 3 is 2.41 bits per heavy atom. The Bertz CT molecular complexity index is 348. The van der Waals surface area contributed by atoms with Crippen LogP contribution in [0.2, 0.25) is 0 Å². The van der Waals surface area contributed by atoms with Gasteiger partial charge in [0.25, 0.3) is 10.1 Å². The molecule has 0 rings (SSSR count). The number of hydrogen-bond donors (Lipinski definition) is 1. The number of hydrogen-bond acceptors (Lipinski definition) is 3. The van der Waals surface area contributed by atoms with Crippen LogP contribution in [0.1, 0.15) is 20.3 Å². The lowest BCUT2D eigenvalue weighted by Gasteiger charge is -2.35. The third kappa shape index (κ3) is 8.31. The van der Waals surface area contributed by atoms with Gasteiger partial charge in [-0.15, -0.1) is 0 Å². The third-order valence-electron chi connectivity index (χ3n) is 2.69. The zero-order valence-corrected chi connectivity index (χ0v) is 12.0. The number of quaternary nitrogens is 1. The Morgan fingerprint density at radius 1 is 1.47 bits per heavy atom. The normalized spacial score (nSPS) is 14.6. The molecule has 1 N–H and O–H groups in total. The lowest BCUT2D eigenvalue weighted by molar-refractivity contribution is -0.935. The Labute approximate surface area is 104 Å². The molecule has 0 aromatic heterocycles. The zero-order valence-electron chi connectivity index (χ0n) is 11.1. The molecule has 0 saturated carbocycles. The summed E-state index contributed by atoms with van der Waals surface area (Å²) in [6.45, 7) is 8.72. The molecule has 1 atom stereocenters. The molecule has 1 unspecified atom stereocenters. The summed E-state index contributed by atoms with van der Waals surface area (Å²) in [6.07, 6.45) is 0.361. The lowest BCUT2D eigenvalue weighted by Crippen LogP contribution is -2.49. The Hall–Kier alpha value is -0.430. The van der Waals surface area contributed by atoms with E-state index in [9.17, 15) is 8.42 Å². The van der Waals surface area contributed by atoms with Crippen LogP contribution in [0.3, 0.4) is 0 Å². The van der Waals surface area contributed by atoms with Crippen LogP contribution in [0.15, 0.2) is 12.2 Å². The van der Waals surface area contributed by atoms with Crippen molar-refractivity contribution in [3.8, 4) is 0 Å². The largest absolute Gasteiger partial charge is 0.325 e. The molecule has 0 amide bonds. The first-order valence-corrected chi connectivity index (χ1v) is 7.19. The summed E-state index contributed by atoms with van der Waals surface area (Å²) < 4.78 is 36.0. The summed E-state index contributed by atoms with van der Waals surface area (Å²) in [5.74, 6) is -0.206. The molecule has 0 radical (unpaired) electrons. The summed E-state index contributed by atoms with van der Waals surface area (Å²) in [4.78, 5) is 0. The van der Waals surface area contributed by atoms with Crippen LogP contribution >= 0.6 is 0 Å². The molecule has 0 aliphatic heterocycles. The SMILES string of the molecule is C=C(C)COC(C)[N+](C)(C)CCCS(=O)(=O)O. The van der Waals surface area contributed by atoms with E-state index in [1.54, 1.807) is 0 Å². The summed E-state index contributed by atoms with van der Waals surface area (Å²) in [7, 11) is 0.0678. The number of ether oxygens (including phenoxy) is 1. The molecule has 102 valence electrons. The van der Waals surface area contributed by atoms with Crippen molar-refractivity contribution in [3.63, 3.8) is 0 Å². The maximum Gasteiger partial charge on any atom is 0.265 e. The molecular formula is C11H24NO4S+. The van der Waals surface area contributed by atoms with Gasteiger partial charge in [-0.2, -0.15) is 8.42 Å². The summed E-state index contributed by atoms with van der Waals surface area (Å²) in [5, 5.41) is 0. The lowest BCUT2D eigenvalue weighted by atomic mass is 10.3. The quantitative estimate of drug-likeness (QED) is 0.311. The minimum atomic E-state index is -3.86. The predicted molar refractivity (Wildman–Crippen MR) is 68.2 cm³/mol. The van der Waals surface area contributed by atoms with Crippen LogP contribution in [0.25, 0.3) is 0 Å². The highest BCUT2D eigenvalue weighted by Crippen LogP contribution is 2.10. The molecule has 0 aliphatic rings. The van der Waals surface area contributed by atoms with Crippen LogP contribution in [-0.4, -0.2) is 56.7 Å². The predicted octanol–water partition coefficient (Wildman–Crippen LogP) is 1.28. The van der Waals surface area contributed by atoms with Crippen molar-refractivity contribution < 1.29 is 22.2 Å². The van der Waals surface area contributed by atoms with E-state index >= 15 is 0 Å². The van der Waals surface area contributed by atoms with Crippen LogP contribution in [0.5, 0.6) is 0 Å². The summed E-state index contributed by atoms with van der Waals surface area (Å²) >= 11 is 0. The maximum absolute atomic E-state index is 10.6. The van der Waals surface area contributed by atoms with Crippen molar-refractivity contribution in [1.29, 1.82) is 0 Å². The Balaban J connectivity index is 4.13. The molecule has 0 aromatic rings. The fourth-order valence-electron chi connectivity index (χ4n) is 1.30. The van der Waals surface area contributed by atoms with Crippen molar-refractivity contribution in [2.24, 2.45) is 0 Å². The molecule has 0 fully saturated rings. The van der Waals surface area contributed by atoms with Crippen molar-refractivity contribution in [2.45, 2.75) is 26.5 Å². The first-order valence-electron chi connectivity index (χ1n) is 5.58. The Kier molecular flexibility index (Phi) is 6.32. The molecule has 6 heteroatoms. The fraction of sp³-hybridized carbons (Fsp3) is 0.818. The van der Waals surface area contributed by atoms with Gasteiger partial charge in [-0.05, 0) is 6.92 Å². The molecule has 5 nitrogen and oxygen atoms in total. The second-order valence-corrected chi connectivity index (χ2v) is 6.58. The minimum absolute atomic E-state index is 0.0481. The highest BCUT2D eigenvalue weighted by atomic mass is 32.2. The van der Waals surface area contributed by atoms with E-state index in [4.69, 9.17) is 9.29 Å². The molecule has 0 spiro atoms. The minimum Gasteiger partial charge on any atom is -0.325 e. The number of rotatable bonds is 8. The van der Waals surface area contributed by atoms with E-state index in [-0.39, 0.29) is 12.0 Å². The van der Waals surface area contributed by atoms with Gasteiger partial charge in [-0.1, -0.05) is 12.2 Å². The first kappa shape index (κ1) is 16.6. The molecular weight excluding hydrogens is 242 g/mol. The highest BCUT2D eigenvalue weighted by Gasteiger charge is 2.24. The van der Waals surface area contributed by atoms with Gasteiger partial charge in [-0.3, -0.25) is 4.55 Å². The molecule has 0 saturated heterocycles. The van der Waals surface area contributed by atoms with Gasteiger partial charge >= 0.3 is 0 Å². The van der Waals surface area contributed by atoms with Gasteiger partial charge in [0, 0.05) is 13.3 Å². The van der Waals surface area contributed by atoms with Crippen molar-refractivity contribution in [3.05, 3.63) is 12.2 Å². The van der Waals surface area contributed by atoms with E-state index in [1.165, 1.54) is 0 Å². The molecule has 0 bridgehead atoms. The average Bonchev–Trinajstić information content (AvgIpc) is 2.11. The van der Waals surface area contributed by atoms with Crippen LogP contribution < -0.4 is 0 Å². The van der Waals surface area contributed by atoms with Crippen molar-refractivity contribution >= 4 is 10.1 Å². The highest BCUT2D eigenvalue weighted by molar-refractivity contribution is 7.85. The van der Waals surface area contributed by atoms with E-state index in [0.29, 0.717) is 24.1 Å². The van der Waals surface area contributed by atoms with Gasteiger partial charge in [0.2, 0.25) is 0 Å². The summed E-state index contributed by atoms with van der Waals surface area (Å²) in [6, 6.07) is 0. The standard InChI is InChI=1S/C11H23NO4S/c1-10(2)9-16-11(3)12(4,5)7-6-8-17(13,14)15/h11H,1,6-9H2,2-5H3/p+1. The first-order chi connectivity index (χ1) is 7.54. The van der Waals surface area contributed by atoms with Gasteiger partial charge in [0.15, 0.2) is 6.23 Å². The topological polar surface area (TPSA) is 63.6 Å². The third-order valence-corrected chi connectivity index (χ3v) is 3.50. The number of nitrogens with zero attached hydrogens (tertiary/aromatic N) is 1. The maximum atomic E-state index is 10.6. The zero-order chi connectivity index (χ0) is 13.7. The van der Waals surface area contributed by atoms with Gasteiger partial charge in [0.1, 0.15) is 0 Å². The molecule has 0 aromatic carbocycles. The second kappa shape index (κ2) is 6.49. The van der Waals surface area contributed by atoms with Crippen molar-refractivity contribution in [1.82, 2.24) is 0 Å². The summed E-state index contributed by atoms with van der Waals surface area (Å²) in [5.41, 5.74) is 0.954. The van der Waals surface area contributed by atoms with E-state index in [1.807, 2.05) is 27.9 Å². The van der Waals surface area contributed by atoms with E-state index in [2.05, 4.69) is 6.58 Å². The van der Waals surface area contributed by atoms with Crippen LogP contribution in [0.4, 0.5) is 0 Å².